The highest BCUT2D eigenvalue weighted by Gasteiger charge is 2.29. The molecular formula is C20H19FN2OS2. The van der Waals surface area contributed by atoms with E-state index in [1.165, 1.54) is 6.07 Å². The Hall–Kier alpha value is -2.05. The maximum atomic E-state index is 13.4. The van der Waals surface area contributed by atoms with Crippen molar-refractivity contribution >= 4 is 28.6 Å². The van der Waals surface area contributed by atoms with Crippen molar-refractivity contribution in [3.05, 3.63) is 64.2 Å². The number of benzene rings is 1. The lowest BCUT2D eigenvalue weighted by atomic mass is 10.0. The lowest BCUT2D eigenvalue weighted by Crippen LogP contribution is -2.37. The zero-order chi connectivity index (χ0) is 17.9. The van der Waals surface area contributed by atoms with E-state index >= 15 is 0 Å². The van der Waals surface area contributed by atoms with Crippen LogP contribution in [-0.4, -0.2) is 28.4 Å². The van der Waals surface area contributed by atoms with E-state index in [1.54, 1.807) is 34.8 Å². The summed E-state index contributed by atoms with van der Waals surface area (Å²) < 4.78 is 13.4. The molecule has 1 saturated heterocycles. The van der Waals surface area contributed by atoms with Gasteiger partial charge in [-0.1, -0.05) is 18.2 Å². The number of halogens is 1. The lowest BCUT2D eigenvalue weighted by Gasteiger charge is -2.24. The molecule has 3 nitrogen and oxygen atoms in total. The fourth-order valence-electron chi connectivity index (χ4n) is 3.47. The van der Waals surface area contributed by atoms with Gasteiger partial charge in [0.05, 0.1) is 17.0 Å². The minimum Gasteiger partial charge on any atom is -0.339 e. The highest BCUT2D eigenvalue weighted by atomic mass is 32.1. The molecule has 1 atom stereocenters. The van der Waals surface area contributed by atoms with Gasteiger partial charge in [0.1, 0.15) is 10.8 Å². The molecule has 4 rings (SSSR count). The van der Waals surface area contributed by atoms with E-state index in [2.05, 4.69) is 4.98 Å². The molecule has 1 aromatic carbocycles. The molecule has 0 N–H and O–H groups in total. The average molecular weight is 387 g/mol. The van der Waals surface area contributed by atoms with Crippen molar-refractivity contribution in [1.82, 2.24) is 9.88 Å². The van der Waals surface area contributed by atoms with Gasteiger partial charge in [0.25, 0.3) is 0 Å². The number of hydrogen-bond donors (Lipinski definition) is 0. The van der Waals surface area contributed by atoms with E-state index in [-0.39, 0.29) is 17.8 Å². The average Bonchev–Trinajstić information content (AvgIpc) is 3.36. The van der Waals surface area contributed by atoms with Crippen molar-refractivity contribution in [2.24, 2.45) is 0 Å². The van der Waals surface area contributed by atoms with Gasteiger partial charge in [0.15, 0.2) is 0 Å². The van der Waals surface area contributed by atoms with Crippen molar-refractivity contribution in [1.29, 1.82) is 0 Å². The van der Waals surface area contributed by atoms with E-state index in [9.17, 15) is 9.18 Å². The number of carbonyl (C=O) groups excluding carboxylic acids is 1. The van der Waals surface area contributed by atoms with Gasteiger partial charge in [-0.05, 0) is 48.4 Å². The maximum absolute atomic E-state index is 13.4. The second-order valence-electron chi connectivity index (χ2n) is 6.52. The monoisotopic (exact) mass is 386 g/mol. The molecule has 3 aromatic rings. The molecule has 1 unspecified atom stereocenters. The van der Waals surface area contributed by atoms with Crippen LogP contribution >= 0.6 is 22.7 Å². The first-order valence-corrected chi connectivity index (χ1v) is 10.5. The van der Waals surface area contributed by atoms with Crippen LogP contribution in [0, 0.1) is 5.82 Å². The first kappa shape index (κ1) is 17.4. The number of likely N-dealkylation sites (tertiary alicyclic amines) is 1. The first-order valence-electron chi connectivity index (χ1n) is 8.71. The molecular weight excluding hydrogens is 367 g/mol. The van der Waals surface area contributed by atoms with Gasteiger partial charge in [-0.25, -0.2) is 9.37 Å². The Morgan fingerprint density at radius 1 is 1.27 bits per heavy atom. The molecule has 134 valence electrons. The molecule has 6 heteroatoms. The molecule has 0 radical (unpaired) electrons. The first-order chi connectivity index (χ1) is 12.7. The van der Waals surface area contributed by atoms with E-state index < -0.39 is 0 Å². The number of thiazole rings is 1. The minimum absolute atomic E-state index is 0.118. The minimum atomic E-state index is -0.220. The van der Waals surface area contributed by atoms with Crippen molar-refractivity contribution in [2.75, 3.05) is 6.54 Å². The van der Waals surface area contributed by atoms with Gasteiger partial charge in [0.2, 0.25) is 5.91 Å². The van der Waals surface area contributed by atoms with Crippen LogP contribution in [0.1, 0.15) is 24.1 Å². The number of nitrogens with zero attached hydrogens (tertiary/aromatic N) is 2. The van der Waals surface area contributed by atoms with E-state index in [1.807, 2.05) is 33.9 Å². The second-order valence-corrected chi connectivity index (χ2v) is 8.32. The number of carbonyl (C=O) groups is 1. The molecule has 1 fully saturated rings. The van der Waals surface area contributed by atoms with E-state index in [4.69, 9.17) is 0 Å². The van der Waals surface area contributed by atoms with Gasteiger partial charge >= 0.3 is 0 Å². The number of amides is 1. The van der Waals surface area contributed by atoms with Gasteiger partial charge in [-0.15, -0.1) is 22.7 Å². The van der Waals surface area contributed by atoms with Crippen molar-refractivity contribution in [2.45, 2.75) is 31.7 Å². The summed E-state index contributed by atoms with van der Waals surface area (Å²) >= 11 is 3.24. The molecule has 1 aliphatic rings. The predicted molar refractivity (Wildman–Crippen MR) is 104 cm³/mol. The number of thiophene rings is 1. The van der Waals surface area contributed by atoms with Crippen LogP contribution in [0.2, 0.25) is 0 Å². The smallest absolute Gasteiger partial charge is 0.228 e. The highest BCUT2D eigenvalue weighted by molar-refractivity contribution is 7.20. The third-order valence-corrected chi connectivity index (χ3v) is 6.60. The molecule has 2 aromatic heterocycles. The Morgan fingerprint density at radius 3 is 3.00 bits per heavy atom. The van der Waals surface area contributed by atoms with Crippen LogP contribution < -0.4 is 0 Å². The van der Waals surface area contributed by atoms with Gasteiger partial charge in [-0.3, -0.25) is 4.79 Å². The number of hydrogen-bond acceptors (Lipinski definition) is 4. The van der Waals surface area contributed by atoms with Crippen LogP contribution in [0.25, 0.3) is 9.88 Å². The Bertz CT molecular complexity index is 891. The Balaban J connectivity index is 1.42. The van der Waals surface area contributed by atoms with Crippen LogP contribution in [0.15, 0.2) is 47.2 Å². The lowest BCUT2D eigenvalue weighted by molar-refractivity contribution is -0.131. The zero-order valence-corrected chi connectivity index (χ0v) is 15.9. The summed E-state index contributed by atoms with van der Waals surface area (Å²) in [6.07, 6.45) is 3.02. The largest absolute Gasteiger partial charge is 0.339 e. The number of rotatable bonds is 5. The summed E-state index contributed by atoms with van der Waals surface area (Å²) in [6, 6.07) is 10.9. The van der Waals surface area contributed by atoms with Crippen molar-refractivity contribution in [3.8, 4) is 9.88 Å². The quantitative estimate of drug-likeness (QED) is 0.632. The van der Waals surface area contributed by atoms with Crippen LogP contribution in [0.5, 0.6) is 0 Å². The third kappa shape index (κ3) is 3.86. The molecule has 26 heavy (non-hydrogen) atoms. The molecule has 0 saturated carbocycles. The summed E-state index contributed by atoms with van der Waals surface area (Å²) in [5.41, 5.74) is 1.78. The molecule has 1 aliphatic heterocycles. The zero-order valence-electron chi connectivity index (χ0n) is 14.2. The molecule has 0 aliphatic carbocycles. The maximum Gasteiger partial charge on any atom is 0.228 e. The molecule has 0 bridgehead atoms. The number of aromatic nitrogens is 1. The molecule has 0 spiro atoms. The Labute approximate surface area is 160 Å². The van der Waals surface area contributed by atoms with E-state index in [0.29, 0.717) is 12.8 Å². The standard InChI is InChI=1S/C20H19FN2OS2/c21-15-5-1-4-14(10-15)11-17-6-2-8-23(17)19(24)12-16-13-26-20(22-16)18-7-3-9-25-18/h1,3-5,7,9-10,13,17H,2,6,8,11-12H2. The van der Waals surface area contributed by atoms with Crippen LogP contribution in [0.4, 0.5) is 4.39 Å². The third-order valence-electron chi connectivity index (χ3n) is 4.67. The summed E-state index contributed by atoms with van der Waals surface area (Å²) in [7, 11) is 0. The Morgan fingerprint density at radius 2 is 2.19 bits per heavy atom. The molecule has 3 heterocycles. The highest BCUT2D eigenvalue weighted by Crippen LogP contribution is 2.28. The summed E-state index contributed by atoms with van der Waals surface area (Å²) in [5.74, 6) is -0.103. The summed E-state index contributed by atoms with van der Waals surface area (Å²) in [6.45, 7) is 0.779. The van der Waals surface area contributed by atoms with Crippen molar-refractivity contribution in [3.63, 3.8) is 0 Å². The van der Waals surface area contributed by atoms with Crippen LogP contribution in [0.3, 0.4) is 0 Å². The predicted octanol–water partition coefficient (Wildman–Crippen LogP) is 4.79. The fraction of sp³-hybridized carbons (Fsp3) is 0.300. The summed E-state index contributed by atoms with van der Waals surface area (Å²) in [4.78, 5) is 20.5. The Kier molecular flexibility index (Phi) is 5.13. The second kappa shape index (κ2) is 7.68. The van der Waals surface area contributed by atoms with Crippen LogP contribution in [-0.2, 0) is 17.6 Å². The normalized spacial score (nSPS) is 17.0. The topological polar surface area (TPSA) is 33.2 Å². The molecule has 1 amide bonds. The van der Waals surface area contributed by atoms with Gasteiger partial charge in [0, 0.05) is 18.0 Å². The van der Waals surface area contributed by atoms with E-state index in [0.717, 1.165) is 40.5 Å². The van der Waals surface area contributed by atoms with Crippen molar-refractivity contribution < 1.29 is 9.18 Å². The summed E-state index contributed by atoms with van der Waals surface area (Å²) in [5, 5.41) is 4.98. The fourth-order valence-corrected chi connectivity index (χ4v) is 5.10. The SMILES string of the molecule is O=C(Cc1csc(-c2cccs2)n1)N1CCCC1Cc1cccc(F)c1. The van der Waals surface area contributed by atoms with Gasteiger partial charge in [-0.2, -0.15) is 0 Å². The van der Waals surface area contributed by atoms with Gasteiger partial charge < -0.3 is 4.90 Å².